The number of benzene rings is 2. The summed E-state index contributed by atoms with van der Waals surface area (Å²) in [5, 5.41) is 0. The van der Waals surface area contributed by atoms with Crippen LogP contribution in [0.3, 0.4) is 0 Å². The zero-order valence-corrected chi connectivity index (χ0v) is 14.8. The highest BCUT2D eigenvalue weighted by atomic mass is 19.4. The summed E-state index contributed by atoms with van der Waals surface area (Å²) in [5.41, 5.74) is -0.423. The largest absolute Gasteiger partial charge is 0.573 e. The van der Waals surface area contributed by atoms with E-state index >= 15 is 0 Å². The fourth-order valence-corrected chi connectivity index (χ4v) is 2.74. The van der Waals surface area contributed by atoms with E-state index in [0.717, 1.165) is 18.3 Å². The molecule has 1 aromatic heterocycles. The molecular formula is C20H11F6NO3. The first-order chi connectivity index (χ1) is 14.1. The number of nitrogens with zero attached hydrogens (tertiary/aromatic N) is 1. The molecule has 2 aromatic carbocycles. The summed E-state index contributed by atoms with van der Waals surface area (Å²) in [5.74, 6) is -1.21. The van der Waals surface area contributed by atoms with E-state index in [1.807, 2.05) is 0 Å². The Balaban J connectivity index is 2.24. The molecule has 0 aliphatic rings. The number of carbonyl (C=O) groups is 1. The number of pyridine rings is 1. The van der Waals surface area contributed by atoms with Crippen LogP contribution in [0.25, 0.3) is 22.4 Å². The Morgan fingerprint density at radius 1 is 0.733 bits per heavy atom. The number of aromatic nitrogens is 1. The van der Waals surface area contributed by atoms with Gasteiger partial charge in [0.2, 0.25) is 0 Å². The second-order valence-corrected chi connectivity index (χ2v) is 5.87. The van der Waals surface area contributed by atoms with Crippen LogP contribution in [0.2, 0.25) is 0 Å². The third-order valence-corrected chi connectivity index (χ3v) is 3.82. The van der Waals surface area contributed by atoms with Gasteiger partial charge in [0, 0.05) is 28.5 Å². The van der Waals surface area contributed by atoms with Crippen LogP contribution in [-0.4, -0.2) is 24.0 Å². The summed E-state index contributed by atoms with van der Waals surface area (Å²) >= 11 is 0. The number of carbonyl (C=O) groups excluding carboxylic acids is 1. The molecule has 0 spiro atoms. The van der Waals surface area contributed by atoms with E-state index in [0.29, 0.717) is 6.29 Å². The molecule has 1 heterocycles. The molecule has 0 aliphatic carbocycles. The highest BCUT2D eigenvalue weighted by Gasteiger charge is 2.34. The van der Waals surface area contributed by atoms with Crippen molar-refractivity contribution in [2.45, 2.75) is 12.7 Å². The van der Waals surface area contributed by atoms with Gasteiger partial charge in [-0.05, 0) is 24.3 Å². The van der Waals surface area contributed by atoms with Crippen molar-refractivity contribution >= 4 is 6.29 Å². The van der Waals surface area contributed by atoms with Gasteiger partial charge in [0.25, 0.3) is 0 Å². The molecule has 0 bridgehead atoms. The van der Waals surface area contributed by atoms with E-state index in [1.54, 1.807) is 0 Å². The number of alkyl halides is 6. The lowest BCUT2D eigenvalue weighted by Crippen LogP contribution is -2.18. The average molecular weight is 427 g/mol. The minimum absolute atomic E-state index is 0.00443. The van der Waals surface area contributed by atoms with Crippen LogP contribution >= 0.6 is 0 Å². The van der Waals surface area contributed by atoms with Crippen molar-refractivity contribution in [1.29, 1.82) is 0 Å². The molecule has 3 rings (SSSR count). The Kier molecular flexibility index (Phi) is 5.68. The zero-order valence-electron chi connectivity index (χ0n) is 14.8. The maximum absolute atomic E-state index is 12.8. The second-order valence-electron chi connectivity index (χ2n) is 5.87. The maximum atomic E-state index is 12.8. The Morgan fingerprint density at radius 2 is 1.23 bits per heavy atom. The average Bonchev–Trinajstić information content (AvgIpc) is 2.66. The smallest absolute Gasteiger partial charge is 0.405 e. The normalized spacial score (nSPS) is 11.8. The molecule has 0 fully saturated rings. The van der Waals surface area contributed by atoms with E-state index in [1.165, 1.54) is 42.5 Å². The van der Waals surface area contributed by atoms with Gasteiger partial charge in [0.15, 0.2) is 6.29 Å². The van der Waals surface area contributed by atoms with Gasteiger partial charge < -0.3 is 9.47 Å². The van der Waals surface area contributed by atoms with Gasteiger partial charge in [0.1, 0.15) is 11.5 Å². The Labute approximate surface area is 165 Å². The minimum atomic E-state index is -5.01. The number of aldehydes is 1. The third kappa shape index (κ3) is 5.07. The second kappa shape index (κ2) is 8.05. The SMILES string of the molecule is O=Cc1cnc(-c2ccccc2OC(F)(F)F)c(-c2ccccc2OC(F)(F)F)c1. The van der Waals surface area contributed by atoms with Crippen LogP contribution < -0.4 is 9.47 Å². The number of ether oxygens (including phenoxy) is 2. The molecular weight excluding hydrogens is 416 g/mol. The van der Waals surface area contributed by atoms with Gasteiger partial charge in [-0.25, -0.2) is 0 Å². The predicted octanol–water partition coefficient (Wildman–Crippen LogP) is 6.03. The number of rotatable bonds is 5. The highest BCUT2D eigenvalue weighted by molar-refractivity contribution is 5.89. The topological polar surface area (TPSA) is 48.4 Å². The van der Waals surface area contributed by atoms with Crippen LogP contribution in [0, 0.1) is 0 Å². The minimum Gasteiger partial charge on any atom is -0.405 e. The summed E-state index contributed by atoms with van der Waals surface area (Å²) in [6.07, 6.45) is -8.52. The van der Waals surface area contributed by atoms with Crippen LogP contribution in [0.5, 0.6) is 11.5 Å². The highest BCUT2D eigenvalue weighted by Crippen LogP contribution is 2.41. The standard InChI is InChI=1S/C20H11F6NO3/c21-19(22,23)29-16-7-3-1-5-13(16)15-9-12(11-28)10-27-18(15)14-6-2-4-8-17(14)30-20(24,25)26/h1-11H. The molecule has 0 radical (unpaired) electrons. The van der Waals surface area contributed by atoms with Gasteiger partial charge in [0.05, 0.1) is 5.69 Å². The van der Waals surface area contributed by atoms with Gasteiger partial charge >= 0.3 is 12.7 Å². The van der Waals surface area contributed by atoms with Crippen molar-refractivity contribution in [3.8, 4) is 33.9 Å². The number of halogens is 6. The Hall–Kier alpha value is -3.56. The molecule has 0 amide bonds. The lowest BCUT2D eigenvalue weighted by Gasteiger charge is -2.18. The van der Waals surface area contributed by atoms with Crippen molar-refractivity contribution in [2.24, 2.45) is 0 Å². The van der Waals surface area contributed by atoms with Crippen molar-refractivity contribution in [1.82, 2.24) is 4.98 Å². The molecule has 0 unspecified atom stereocenters. The van der Waals surface area contributed by atoms with Gasteiger partial charge in [-0.1, -0.05) is 30.3 Å². The van der Waals surface area contributed by atoms with E-state index in [9.17, 15) is 31.1 Å². The van der Waals surface area contributed by atoms with Gasteiger partial charge in [-0.15, -0.1) is 26.3 Å². The van der Waals surface area contributed by atoms with Crippen LogP contribution in [0.4, 0.5) is 26.3 Å². The van der Waals surface area contributed by atoms with Crippen molar-refractivity contribution < 1.29 is 40.6 Å². The quantitative estimate of drug-likeness (QED) is 0.369. The zero-order chi connectivity index (χ0) is 21.9. The molecule has 0 saturated carbocycles. The lowest BCUT2D eigenvalue weighted by molar-refractivity contribution is -0.275. The van der Waals surface area contributed by atoms with Crippen LogP contribution in [0.15, 0.2) is 60.8 Å². The molecule has 0 saturated heterocycles. The van der Waals surface area contributed by atoms with Crippen molar-refractivity contribution in [3.05, 3.63) is 66.4 Å². The molecule has 156 valence electrons. The maximum Gasteiger partial charge on any atom is 0.573 e. The molecule has 0 aliphatic heterocycles. The van der Waals surface area contributed by atoms with E-state index in [-0.39, 0.29) is 27.9 Å². The number of para-hydroxylation sites is 2. The molecule has 4 nitrogen and oxygen atoms in total. The van der Waals surface area contributed by atoms with Gasteiger partial charge in [-0.3, -0.25) is 9.78 Å². The van der Waals surface area contributed by atoms with Crippen molar-refractivity contribution in [2.75, 3.05) is 0 Å². The number of hydrogen-bond donors (Lipinski definition) is 0. The third-order valence-electron chi connectivity index (χ3n) is 3.82. The van der Waals surface area contributed by atoms with E-state index in [4.69, 9.17) is 0 Å². The van der Waals surface area contributed by atoms with E-state index < -0.39 is 24.2 Å². The number of hydrogen-bond acceptors (Lipinski definition) is 4. The fraction of sp³-hybridized carbons (Fsp3) is 0.100. The summed E-state index contributed by atoms with van der Waals surface area (Å²) in [6.45, 7) is 0. The van der Waals surface area contributed by atoms with E-state index in [2.05, 4.69) is 14.5 Å². The predicted molar refractivity (Wildman–Crippen MR) is 93.9 cm³/mol. The first-order valence-electron chi connectivity index (χ1n) is 8.23. The summed E-state index contributed by atoms with van der Waals surface area (Å²) in [4.78, 5) is 15.2. The molecule has 0 atom stereocenters. The molecule has 10 heteroatoms. The van der Waals surface area contributed by atoms with Crippen molar-refractivity contribution in [3.63, 3.8) is 0 Å². The first-order valence-corrected chi connectivity index (χ1v) is 8.23. The molecule has 3 aromatic rings. The summed E-state index contributed by atoms with van der Waals surface area (Å²) in [6, 6.07) is 11.2. The Morgan fingerprint density at radius 3 is 1.77 bits per heavy atom. The lowest BCUT2D eigenvalue weighted by atomic mass is 9.97. The van der Waals surface area contributed by atoms with Crippen LogP contribution in [0.1, 0.15) is 10.4 Å². The van der Waals surface area contributed by atoms with Crippen LogP contribution in [-0.2, 0) is 0 Å². The monoisotopic (exact) mass is 427 g/mol. The fourth-order valence-electron chi connectivity index (χ4n) is 2.74. The molecule has 30 heavy (non-hydrogen) atoms. The summed E-state index contributed by atoms with van der Waals surface area (Å²) in [7, 11) is 0. The summed E-state index contributed by atoms with van der Waals surface area (Å²) < 4.78 is 84.9. The molecule has 0 N–H and O–H groups in total. The Bertz CT molecular complexity index is 1060. The van der Waals surface area contributed by atoms with Gasteiger partial charge in [-0.2, -0.15) is 0 Å². The first kappa shape index (κ1) is 21.2.